The first-order valence-corrected chi connectivity index (χ1v) is 11.7. The standard InChI is InChI=1S/C26H27Cl2N3O2/c1-6-31-23-9-15(2)18(10-20(23)16(3)13-26(31,4)5)11-22-24(32)30(25(33)29-22)14-17-7-8-19(27)12-21(17)28/h7-13H,6,14H2,1-5H3,(H,29,33)/b22-11+. The molecule has 2 aliphatic heterocycles. The topological polar surface area (TPSA) is 52.7 Å². The maximum atomic E-state index is 13.0. The zero-order chi connectivity index (χ0) is 24.1. The Bertz CT molecular complexity index is 1230. The Morgan fingerprint density at radius 2 is 1.82 bits per heavy atom. The van der Waals surface area contributed by atoms with E-state index in [0.29, 0.717) is 15.6 Å². The number of nitrogens with zero attached hydrogens (tertiary/aromatic N) is 2. The average Bonchev–Trinajstić information content (AvgIpc) is 2.98. The van der Waals surface area contributed by atoms with Gasteiger partial charge in [0, 0.05) is 27.8 Å². The van der Waals surface area contributed by atoms with Crippen LogP contribution in [0.25, 0.3) is 11.6 Å². The quantitative estimate of drug-likeness (QED) is 0.403. The summed E-state index contributed by atoms with van der Waals surface area (Å²) < 4.78 is 0. The lowest BCUT2D eigenvalue weighted by Gasteiger charge is -2.43. The number of urea groups is 1. The molecule has 0 aromatic heterocycles. The van der Waals surface area contributed by atoms with Crippen molar-refractivity contribution in [3.8, 4) is 0 Å². The van der Waals surface area contributed by atoms with Crippen LogP contribution in [-0.2, 0) is 11.3 Å². The highest BCUT2D eigenvalue weighted by molar-refractivity contribution is 6.35. The second-order valence-corrected chi connectivity index (χ2v) is 9.91. The highest BCUT2D eigenvalue weighted by Gasteiger charge is 2.35. The second-order valence-electron chi connectivity index (χ2n) is 9.07. The number of aryl methyl sites for hydroxylation is 1. The monoisotopic (exact) mass is 483 g/mol. The second kappa shape index (κ2) is 8.54. The summed E-state index contributed by atoms with van der Waals surface area (Å²) in [6.07, 6.45) is 4.02. The van der Waals surface area contributed by atoms with Gasteiger partial charge in [-0.25, -0.2) is 4.79 Å². The highest BCUT2D eigenvalue weighted by Crippen LogP contribution is 2.40. The molecule has 172 valence electrons. The van der Waals surface area contributed by atoms with Gasteiger partial charge in [-0.3, -0.25) is 9.69 Å². The molecular formula is C26H27Cl2N3O2. The molecule has 0 atom stereocenters. The van der Waals surface area contributed by atoms with Crippen molar-refractivity contribution in [2.45, 2.75) is 46.7 Å². The third-order valence-corrected chi connectivity index (χ3v) is 6.87. The third kappa shape index (κ3) is 4.28. The number of halogens is 2. The molecule has 2 aromatic rings. The van der Waals surface area contributed by atoms with E-state index >= 15 is 0 Å². The van der Waals surface area contributed by atoms with Crippen molar-refractivity contribution in [3.63, 3.8) is 0 Å². The third-order valence-electron chi connectivity index (χ3n) is 6.29. The smallest absolute Gasteiger partial charge is 0.329 e. The van der Waals surface area contributed by atoms with Crippen molar-refractivity contribution in [1.29, 1.82) is 0 Å². The molecule has 2 heterocycles. The molecule has 1 N–H and O–H groups in total. The van der Waals surface area contributed by atoms with Crippen LogP contribution in [0.2, 0.25) is 10.0 Å². The number of rotatable bonds is 4. The van der Waals surface area contributed by atoms with Gasteiger partial charge in [0.1, 0.15) is 5.70 Å². The summed E-state index contributed by atoms with van der Waals surface area (Å²) in [5, 5.41) is 3.62. The van der Waals surface area contributed by atoms with Gasteiger partial charge < -0.3 is 10.2 Å². The zero-order valence-electron chi connectivity index (χ0n) is 19.4. The average molecular weight is 484 g/mol. The number of hydrogen-bond acceptors (Lipinski definition) is 3. The van der Waals surface area contributed by atoms with Crippen LogP contribution in [0.4, 0.5) is 10.5 Å². The number of imide groups is 1. The van der Waals surface area contributed by atoms with E-state index in [9.17, 15) is 9.59 Å². The number of amides is 3. The van der Waals surface area contributed by atoms with Gasteiger partial charge in [-0.1, -0.05) is 35.3 Å². The summed E-state index contributed by atoms with van der Waals surface area (Å²) in [6, 6.07) is 8.79. The summed E-state index contributed by atoms with van der Waals surface area (Å²) >= 11 is 12.2. The van der Waals surface area contributed by atoms with E-state index in [2.05, 4.69) is 56.1 Å². The minimum Gasteiger partial charge on any atom is -0.363 e. The van der Waals surface area contributed by atoms with Crippen molar-refractivity contribution >= 4 is 52.5 Å². The zero-order valence-corrected chi connectivity index (χ0v) is 20.9. The molecule has 4 rings (SSSR count). The molecule has 1 saturated heterocycles. The lowest BCUT2D eigenvalue weighted by atomic mass is 9.87. The van der Waals surface area contributed by atoms with Crippen LogP contribution in [0.5, 0.6) is 0 Å². The molecule has 7 heteroatoms. The minimum absolute atomic E-state index is 0.0723. The first-order valence-electron chi connectivity index (χ1n) is 10.9. The van der Waals surface area contributed by atoms with Gasteiger partial charge in [0.25, 0.3) is 5.91 Å². The number of hydrogen-bond donors (Lipinski definition) is 1. The van der Waals surface area contributed by atoms with E-state index in [1.54, 1.807) is 24.3 Å². The van der Waals surface area contributed by atoms with Crippen molar-refractivity contribution in [2.75, 3.05) is 11.4 Å². The molecule has 2 aliphatic rings. The minimum atomic E-state index is -0.470. The summed E-state index contributed by atoms with van der Waals surface area (Å²) in [5.41, 5.74) is 6.27. The van der Waals surface area contributed by atoms with Crippen LogP contribution in [0, 0.1) is 6.92 Å². The number of fused-ring (bicyclic) bond motifs is 1. The van der Waals surface area contributed by atoms with Gasteiger partial charge in [0.15, 0.2) is 0 Å². The van der Waals surface area contributed by atoms with Crippen molar-refractivity contribution in [2.24, 2.45) is 0 Å². The lowest BCUT2D eigenvalue weighted by Crippen LogP contribution is -2.44. The Balaban J connectivity index is 1.67. The number of anilines is 1. The molecule has 0 radical (unpaired) electrons. The van der Waals surface area contributed by atoms with Gasteiger partial charge >= 0.3 is 6.03 Å². The molecule has 0 unspecified atom stereocenters. The van der Waals surface area contributed by atoms with Gasteiger partial charge in [-0.05, 0) is 87.2 Å². The molecule has 0 bridgehead atoms. The maximum absolute atomic E-state index is 13.0. The predicted octanol–water partition coefficient (Wildman–Crippen LogP) is 6.42. The molecule has 3 amide bonds. The molecular weight excluding hydrogens is 457 g/mol. The summed E-state index contributed by atoms with van der Waals surface area (Å²) in [7, 11) is 0. The fourth-order valence-electron chi connectivity index (χ4n) is 4.67. The van der Waals surface area contributed by atoms with E-state index in [4.69, 9.17) is 23.2 Å². The molecule has 2 aromatic carbocycles. The number of nitrogens with one attached hydrogen (secondary N) is 1. The molecule has 0 spiro atoms. The predicted molar refractivity (Wildman–Crippen MR) is 135 cm³/mol. The number of benzene rings is 2. The SMILES string of the molecule is CCN1c2cc(C)c(/C=C3/NC(=O)N(Cc4ccc(Cl)cc4Cl)C3=O)cc2C(C)=CC1(C)C. The Morgan fingerprint density at radius 3 is 2.48 bits per heavy atom. The van der Waals surface area contributed by atoms with E-state index in [1.165, 1.54) is 11.3 Å². The fourth-order valence-corrected chi connectivity index (χ4v) is 5.14. The van der Waals surface area contributed by atoms with Crippen molar-refractivity contribution < 1.29 is 9.59 Å². The Morgan fingerprint density at radius 1 is 1.09 bits per heavy atom. The Hall–Kier alpha value is -2.76. The molecule has 5 nitrogen and oxygen atoms in total. The number of likely N-dealkylation sites (N-methyl/N-ethyl adjacent to an activating group) is 1. The van der Waals surface area contributed by atoms with Gasteiger partial charge in [-0.2, -0.15) is 0 Å². The van der Waals surface area contributed by atoms with Crippen LogP contribution < -0.4 is 10.2 Å². The number of allylic oxidation sites excluding steroid dienone is 1. The summed E-state index contributed by atoms with van der Waals surface area (Å²) in [4.78, 5) is 29.1. The van der Waals surface area contributed by atoms with Gasteiger partial charge in [0.2, 0.25) is 0 Å². The largest absolute Gasteiger partial charge is 0.363 e. The Labute approximate surface area is 204 Å². The van der Waals surface area contributed by atoms with Crippen LogP contribution in [-0.4, -0.2) is 28.9 Å². The number of carbonyl (C=O) groups excluding carboxylic acids is 2. The van der Waals surface area contributed by atoms with Gasteiger partial charge in [-0.15, -0.1) is 0 Å². The first kappa shape index (κ1) is 23.4. The normalized spacial score (nSPS) is 18.5. The molecule has 0 aliphatic carbocycles. The van der Waals surface area contributed by atoms with Gasteiger partial charge in [0.05, 0.1) is 12.1 Å². The highest BCUT2D eigenvalue weighted by atomic mass is 35.5. The Kier molecular flexibility index (Phi) is 6.06. The molecule has 1 fully saturated rings. The first-order chi connectivity index (χ1) is 15.5. The molecule has 0 saturated carbocycles. The molecule has 33 heavy (non-hydrogen) atoms. The maximum Gasteiger partial charge on any atom is 0.329 e. The van der Waals surface area contributed by atoms with Crippen molar-refractivity contribution in [1.82, 2.24) is 10.2 Å². The van der Waals surface area contributed by atoms with E-state index < -0.39 is 6.03 Å². The van der Waals surface area contributed by atoms with Crippen LogP contribution in [0.15, 0.2) is 42.1 Å². The van der Waals surface area contributed by atoms with Crippen LogP contribution in [0.1, 0.15) is 49.9 Å². The van der Waals surface area contributed by atoms with Crippen molar-refractivity contribution in [3.05, 3.63) is 74.4 Å². The fraction of sp³-hybridized carbons (Fsp3) is 0.308. The number of carbonyl (C=O) groups is 2. The summed E-state index contributed by atoms with van der Waals surface area (Å²) in [6.45, 7) is 11.7. The lowest BCUT2D eigenvalue weighted by molar-refractivity contribution is -0.123. The van der Waals surface area contributed by atoms with Crippen LogP contribution >= 0.6 is 23.2 Å². The van der Waals surface area contributed by atoms with Crippen LogP contribution in [0.3, 0.4) is 0 Å². The van der Waals surface area contributed by atoms with E-state index in [1.807, 2.05) is 6.92 Å². The van der Waals surface area contributed by atoms with E-state index in [0.717, 1.165) is 28.1 Å². The summed E-state index contributed by atoms with van der Waals surface area (Å²) in [5.74, 6) is -0.383. The van der Waals surface area contributed by atoms with E-state index in [-0.39, 0.29) is 23.7 Å².